The van der Waals surface area contributed by atoms with Crippen LogP contribution in [0.4, 0.5) is 10.2 Å². The molecule has 1 N–H and O–H groups in total. The van der Waals surface area contributed by atoms with Crippen LogP contribution in [0.25, 0.3) is 17.2 Å². The lowest BCUT2D eigenvalue weighted by molar-refractivity contribution is -0.116. The van der Waals surface area contributed by atoms with Gasteiger partial charge in [-0.05, 0) is 36.8 Å². The molecular weight excluding hydrogens is 419 g/mol. The number of fused-ring (bicyclic) bond motifs is 1. The molecule has 0 saturated carbocycles. The molecule has 0 radical (unpaired) electrons. The summed E-state index contributed by atoms with van der Waals surface area (Å²) in [6.07, 6.45) is 1.80. The van der Waals surface area contributed by atoms with Crippen molar-refractivity contribution in [1.29, 1.82) is 0 Å². The zero-order chi connectivity index (χ0) is 21.5. The van der Waals surface area contributed by atoms with Crippen LogP contribution in [0.2, 0.25) is 5.02 Å². The molecule has 0 bridgehead atoms. The zero-order valence-electron chi connectivity index (χ0n) is 16.4. The Morgan fingerprint density at radius 2 is 1.87 bits per heavy atom. The van der Waals surface area contributed by atoms with Crippen molar-refractivity contribution in [1.82, 2.24) is 25.0 Å². The van der Waals surface area contributed by atoms with Crippen molar-refractivity contribution >= 4 is 23.3 Å². The Morgan fingerprint density at radius 3 is 2.61 bits per heavy atom. The third-order valence-electron chi connectivity index (χ3n) is 5.25. The second-order valence-electron chi connectivity index (χ2n) is 7.26. The number of benzene rings is 2. The van der Waals surface area contributed by atoms with E-state index < -0.39 is 0 Å². The van der Waals surface area contributed by atoms with Crippen LogP contribution in [0.3, 0.4) is 0 Å². The van der Waals surface area contributed by atoms with Crippen LogP contribution in [-0.2, 0) is 4.79 Å². The lowest BCUT2D eigenvalue weighted by atomic mass is 9.86. The average Bonchev–Trinajstić information content (AvgIpc) is 3.10. The van der Waals surface area contributed by atoms with Gasteiger partial charge >= 0.3 is 0 Å². The standard InChI is InChI=1S/C22H16ClFN6O/c1-12-20-17(13-4-8-16(24)9-5-13)10-19(31)27-21(20)30(29-12)22-26-18(11-25-28-22)14-2-6-15(23)7-3-14/h2-9,11,17H,10H2,1H3,(H,27,31)/t17-/m0/s1. The first-order valence-electron chi connectivity index (χ1n) is 9.60. The molecule has 1 amide bonds. The molecule has 2 aromatic carbocycles. The molecule has 154 valence electrons. The quantitative estimate of drug-likeness (QED) is 0.519. The van der Waals surface area contributed by atoms with Crippen LogP contribution >= 0.6 is 11.6 Å². The largest absolute Gasteiger partial charge is 0.310 e. The Morgan fingerprint density at radius 1 is 1.13 bits per heavy atom. The minimum Gasteiger partial charge on any atom is -0.310 e. The fraction of sp³-hybridized carbons (Fsp3) is 0.136. The number of aryl methyl sites for hydroxylation is 1. The van der Waals surface area contributed by atoms with E-state index in [0.29, 0.717) is 16.5 Å². The van der Waals surface area contributed by atoms with E-state index in [4.69, 9.17) is 11.6 Å². The number of hydrogen-bond donors (Lipinski definition) is 1. The maximum absolute atomic E-state index is 13.4. The van der Waals surface area contributed by atoms with E-state index in [1.54, 1.807) is 30.5 Å². The van der Waals surface area contributed by atoms with Crippen molar-refractivity contribution in [3.8, 4) is 17.2 Å². The zero-order valence-corrected chi connectivity index (χ0v) is 17.1. The minimum absolute atomic E-state index is 0.162. The van der Waals surface area contributed by atoms with Gasteiger partial charge in [-0.3, -0.25) is 4.79 Å². The Kier molecular flexibility index (Phi) is 4.71. The van der Waals surface area contributed by atoms with E-state index in [-0.39, 0.29) is 30.0 Å². The summed E-state index contributed by atoms with van der Waals surface area (Å²) in [7, 11) is 0. The van der Waals surface area contributed by atoms with Crippen LogP contribution in [0.1, 0.15) is 29.2 Å². The van der Waals surface area contributed by atoms with Crippen LogP contribution in [0.15, 0.2) is 54.7 Å². The molecule has 0 aliphatic carbocycles. The predicted molar refractivity (Wildman–Crippen MR) is 114 cm³/mol. The van der Waals surface area contributed by atoms with Gasteiger partial charge in [-0.15, -0.1) is 5.10 Å². The van der Waals surface area contributed by atoms with Gasteiger partial charge in [0.25, 0.3) is 5.95 Å². The van der Waals surface area contributed by atoms with Crippen LogP contribution in [0, 0.1) is 12.7 Å². The van der Waals surface area contributed by atoms with Gasteiger partial charge in [0, 0.05) is 28.5 Å². The molecular formula is C22H16ClFN6O. The fourth-order valence-electron chi connectivity index (χ4n) is 3.82. The monoisotopic (exact) mass is 434 g/mol. The second-order valence-corrected chi connectivity index (χ2v) is 7.70. The molecule has 1 aliphatic rings. The highest BCUT2D eigenvalue weighted by Gasteiger charge is 2.33. The van der Waals surface area contributed by atoms with Crippen molar-refractivity contribution in [2.45, 2.75) is 19.3 Å². The van der Waals surface area contributed by atoms with E-state index in [2.05, 4.69) is 25.6 Å². The lowest BCUT2D eigenvalue weighted by Crippen LogP contribution is -2.25. The van der Waals surface area contributed by atoms with Gasteiger partial charge in [-0.25, -0.2) is 9.37 Å². The Bertz CT molecular complexity index is 1290. The first-order chi connectivity index (χ1) is 15.0. The van der Waals surface area contributed by atoms with Gasteiger partial charge in [0.05, 0.1) is 17.6 Å². The Hall–Kier alpha value is -3.65. The molecule has 0 saturated heterocycles. The number of halogens is 2. The highest BCUT2D eigenvalue weighted by atomic mass is 35.5. The van der Waals surface area contributed by atoms with Crippen LogP contribution in [0.5, 0.6) is 0 Å². The molecule has 0 spiro atoms. The SMILES string of the molecule is Cc1nn(-c2nncc(-c3ccc(Cl)cc3)n2)c2c1[C@H](c1ccc(F)cc1)CC(=O)N2. The van der Waals surface area contributed by atoms with Gasteiger partial charge in [0.15, 0.2) is 0 Å². The van der Waals surface area contributed by atoms with Crippen molar-refractivity contribution in [2.75, 3.05) is 5.32 Å². The maximum atomic E-state index is 13.4. The summed E-state index contributed by atoms with van der Waals surface area (Å²) in [4.78, 5) is 17.1. The highest BCUT2D eigenvalue weighted by Crippen LogP contribution is 2.39. The van der Waals surface area contributed by atoms with Crippen molar-refractivity contribution in [3.63, 3.8) is 0 Å². The molecule has 5 rings (SSSR count). The molecule has 1 aliphatic heterocycles. The number of carbonyl (C=O) groups excluding carboxylic acids is 1. The van der Waals surface area contributed by atoms with E-state index in [1.165, 1.54) is 16.8 Å². The number of nitrogens with one attached hydrogen (secondary N) is 1. The molecule has 0 unspecified atom stereocenters. The van der Waals surface area contributed by atoms with Gasteiger partial charge < -0.3 is 5.32 Å². The third kappa shape index (κ3) is 3.55. The normalized spacial score (nSPS) is 15.5. The Labute approximate surface area is 181 Å². The maximum Gasteiger partial charge on any atom is 0.272 e. The smallest absolute Gasteiger partial charge is 0.272 e. The van der Waals surface area contributed by atoms with Crippen LogP contribution < -0.4 is 5.32 Å². The third-order valence-corrected chi connectivity index (χ3v) is 5.50. The number of anilines is 1. The fourth-order valence-corrected chi connectivity index (χ4v) is 3.94. The molecule has 4 aromatic rings. The van der Waals surface area contributed by atoms with E-state index in [0.717, 1.165) is 22.4 Å². The summed E-state index contributed by atoms with van der Waals surface area (Å²) in [6, 6.07) is 13.4. The molecule has 1 atom stereocenters. The van der Waals surface area contributed by atoms with Crippen molar-refractivity contribution in [2.24, 2.45) is 0 Å². The summed E-state index contributed by atoms with van der Waals surface area (Å²) in [5.74, 6) is 0.000393. The minimum atomic E-state index is -0.324. The lowest BCUT2D eigenvalue weighted by Gasteiger charge is -2.24. The van der Waals surface area contributed by atoms with Crippen LogP contribution in [-0.4, -0.2) is 30.9 Å². The van der Waals surface area contributed by atoms with Crippen molar-refractivity contribution in [3.05, 3.63) is 82.4 Å². The van der Waals surface area contributed by atoms with Gasteiger partial charge in [-0.2, -0.15) is 14.9 Å². The average molecular weight is 435 g/mol. The van der Waals surface area contributed by atoms with Gasteiger partial charge in [0.1, 0.15) is 11.6 Å². The number of nitrogens with zero attached hydrogens (tertiary/aromatic N) is 5. The molecule has 7 nitrogen and oxygen atoms in total. The number of aromatic nitrogens is 5. The molecule has 0 fully saturated rings. The molecule has 31 heavy (non-hydrogen) atoms. The molecule has 2 aromatic heterocycles. The van der Waals surface area contributed by atoms with Gasteiger partial charge in [0.2, 0.25) is 5.91 Å². The summed E-state index contributed by atoms with van der Waals surface area (Å²) in [6.45, 7) is 1.86. The Balaban J connectivity index is 1.60. The number of hydrogen-bond acceptors (Lipinski definition) is 5. The number of rotatable bonds is 3. The highest BCUT2D eigenvalue weighted by molar-refractivity contribution is 6.30. The summed E-state index contributed by atoms with van der Waals surface area (Å²) in [5, 5.41) is 16.3. The topological polar surface area (TPSA) is 85.6 Å². The summed E-state index contributed by atoms with van der Waals surface area (Å²) < 4.78 is 14.9. The number of carbonyl (C=O) groups is 1. The molecule has 9 heteroatoms. The number of amides is 1. The summed E-state index contributed by atoms with van der Waals surface area (Å²) in [5.41, 5.74) is 3.85. The van der Waals surface area contributed by atoms with E-state index in [9.17, 15) is 9.18 Å². The van der Waals surface area contributed by atoms with E-state index >= 15 is 0 Å². The molecule has 3 heterocycles. The second kappa shape index (κ2) is 7.55. The predicted octanol–water partition coefficient (Wildman–Crippen LogP) is 4.30. The summed E-state index contributed by atoms with van der Waals surface area (Å²) >= 11 is 5.97. The first-order valence-corrected chi connectivity index (χ1v) is 9.98. The van der Waals surface area contributed by atoms with Gasteiger partial charge in [-0.1, -0.05) is 35.9 Å². The van der Waals surface area contributed by atoms with Crippen molar-refractivity contribution < 1.29 is 9.18 Å². The first kappa shape index (κ1) is 19.3. The van der Waals surface area contributed by atoms with E-state index in [1.807, 2.05) is 19.1 Å².